The lowest BCUT2D eigenvalue weighted by Gasteiger charge is -2.03. The van der Waals surface area contributed by atoms with Crippen molar-refractivity contribution in [2.45, 2.75) is 32.9 Å². The van der Waals surface area contributed by atoms with Crippen LogP contribution in [0.1, 0.15) is 31.9 Å². The first-order valence-electron chi connectivity index (χ1n) is 5.55. The maximum Gasteiger partial charge on any atom is 0.501 e. The lowest BCUT2D eigenvalue weighted by molar-refractivity contribution is -0.760. The van der Waals surface area contributed by atoms with Crippen LogP contribution in [0.4, 0.5) is 18.0 Å². The lowest BCUT2D eigenvalue weighted by atomic mass is 10.3. The molecule has 0 atom stereocenters. The predicted molar refractivity (Wildman–Crippen MR) is 54.8 cm³/mol. The van der Waals surface area contributed by atoms with Crippen LogP contribution in [0.25, 0.3) is 0 Å². The molecular formula is C10H15F3N3O2+. The van der Waals surface area contributed by atoms with Gasteiger partial charge in [0.25, 0.3) is 5.82 Å². The van der Waals surface area contributed by atoms with Gasteiger partial charge in [0.15, 0.2) is 0 Å². The summed E-state index contributed by atoms with van der Waals surface area (Å²) < 4.78 is 44.3. The van der Waals surface area contributed by atoms with Crippen molar-refractivity contribution in [2.24, 2.45) is 7.05 Å². The van der Waals surface area contributed by atoms with Crippen molar-refractivity contribution in [2.75, 3.05) is 6.61 Å². The third-order valence-corrected chi connectivity index (χ3v) is 2.25. The van der Waals surface area contributed by atoms with E-state index in [1.807, 2.05) is 0 Å². The Morgan fingerprint density at radius 1 is 1.44 bits per heavy atom. The molecule has 0 spiro atoms. The van der Waals surface area contributed by atoms with Crippen molar-refractivity contribution in [3.8, 4) is 0 Å². The number of nitrogens with zero attached hydrogens (tertiary/aromatic N) is 3. The van der Waals surface area contributed by atoms with E-state index < -0.39 is 18.1 Å². The standard InChI is InChI=1S/C10H15F3N3O2/c1-4-6-7-14-8(10(11,12)13)15(3)16(7)9(17)18-5-2/h4-6H2,1-3H3/q+1. The molecule has 5 nitrogen and oxygen atoms in total. The maximum atomic E-state index is 12.7. The van der Waals surface area contributed by atoms with E-state index in [0.29, 0.717) is 11.1 Å². The molecule has 8 heteroatoms. The third kappa shape index (κ3) is 2.80. The van der Waals surface area contributed by atoms with Gasteiger partial charge in [-0.05, 0) is 18.3 Å². The zero-order valence-corrected chi connectivity index (χ0v) is 10.4. The molecule has 0 aliphatic rings. The van der Waals surface area contributed by atoms with Crippen molar-refractivity contribution in [1.29, 1.82) is 0 Å². The first-order valence-corrected chi connectivity index (χ1v) is 5.55. The van der Waals surface area contributed by atoms with Gasteiger partial charge in [0, 0.05) is 6.42 Å². The van der Waals surface area contributed by atoms with Crippen LogP contribution < -0.4 is 4.68 Å². The summed E-state index contributed by atoms with van der Waals surface area (Å²) in [5, 5.41) is 0. The van der Waals surface area contributed by atoms with Gasteiger partial charge in [-0.15, -0.1) is 4.68 Å². The fraction of sp³-hybridized carbons (Fsp3) is 0.700. The van der Waals surface area contributed by atoms with E-state index in [0.717, 1.165) is 11.7 Å². The van der Waals surface area contributed by atoms with Crippen molar-refractivity contribution in [3.05, 3.63) is 11.6 Å². The highest BCUT2D eigenvalue weighted by Gasteiger charge is 2.47. The normalized spacial score (nSPS) is 11.7. The minimum atomic E-state index is -4.60. The van der Waals surface area contributed by atoms with Gasteiger partial charge in [-0.3, -0.25) is 0 Å². The van der Waals surface area contributed by atoms with E-state index in [-0.39, 0.29) is 18.9 Å². The van der Waals surface area contributed by atoms with Gasteiger partial charge >= 0.3 is 18.1 Å². The third-order valence-electron chi connectivity index (χ3n) is 2.25. The zero-order chi connectivity index (χ0) is 13.9. The van der Waals surface area contributed by atoms with Crippen LogP contribution in [0.2, 0.25) is 0 Å². The number of aromatic nitrogens is 3. The summed E-state index contributed by atoms with van der Waals surface area (Å²) in [6.07, 6.45) is -4.61. The van der Waals surface area contributed by atoms with E-state index in [1.54, 1.807) is 13.8 Å². The van der Waals surface area contributed by atoms with Crippen LogP contribution >= 0.6 is 0 Å². The molecule has 0 fully saturated rings. The van der Waals surface area contributed by atoms with Crippen molar-refractivity contribution in [3.63, 3.8) is 0 Å². The van der Waals surface area contributed by atoms with Gasteiger partial charge < -0.3 is 4.74 Å². The predicted octanol–water partition coefficient (Wildman–Crippen LogP) is 1.68. The van der Waals surface area contributed by atoms with Crippen LogP contribution in [-0.2, 0) is 24.4 Å². The van der Waals surface area contributed by atoms with E-state index in [4.69, 9.17) is 4.74 Å². The first-order chi connectivity index (χ1) is 8.32. The highest BCUT2D eigenvalue weighted by Crippen LogP contribution is 2.25. The first kappa shape index (κ1) is 14.5. The number of carbonyl (C=O) groups is 1. The summed E-state index contributed by atoms with van der Waals surface area (Å²) in [6.45, 7) is 3.46. The molecule has 18 heavy (non-hydrogen) atoms. The van der Waals surface area contributed by atoms with E-state index in [9.17, 15) is 18.0 Å². The smallest absolute Gasteiger partial charge is 0.447 e. The summed E-state index contributed by atoms with van der Waals surface area (Å²) in [7, 11) is 1.13. The fourth-order valence-electron chi connectivity index (χ4n) is 1.55. The highest BCUT2D eigenvalue weighted by molar-refractivity contribution is 5.68. The molecule has 1 aromatic rings. The van der Waals surface area contributed by atoms with Gasteiger partial charge in [-0.2, -0.15) is 13.2 Å². The van der Waals surface area contributed by atoms with Gasteiger partial charge in [0.2, 0.25) is 0 Å². The second kappa shape index (κ2) is 5.36. The summed E-state index contributed by atoms with van der Waals surface area (Å²) in [4.78, 5) is 15.1. The van der Waals surface area contributed by atoms with E-state index in [2.05, 4.69) is 4.98 Å². The Hall–Kier alpha value is -1.60. The molecule has 0 saturated carbocycles. The molecule has 0 amide bonds. The number of carbonyl (C=O) groups excluding carboxylic acids is 1. The van der Waals surface area contributed by atoms with Crippen LogP contribution in [0.3, 0.4) is 0 Å². The molecule has 0 aliphatic carbocycles. The molecule has 0 saturated heterocycles. The van der Waals surface area contributed by atoms with Crippen LogP contribution in [0, 0.1) is 0 Å². The molecule has 0 radical (unpaired) electrons. The number of hydrogen-bond acceptors (Lipinski definition) is 3. The van der Waals surface area contributed by atoms with Crippen molar-refractivity contribution >= 4 is 6.09 Å². The monoisotopic (exact) mass is 266 g/mol. The minimum absolute atomic E-state index is 0.0470. The Bertz CT molecular complexity index is 440. The molecule has 1 rings (SSSR count). The maximum absolute atomic E-state index is 12.7. The van der Waals surface area contributed by atoms with Crippen LogP contribution in [0.15, 0.2) is 0 Å². The zero-order valence-electron chi connectivity index (χ0n) is 10.4. The second-order valence-electron chi connectivity index (χ2n) is 3.63. The molecule has 0 bridgehead atoms. The van der Waals surface area contributed by atoms with Crippen molar-refractivity contribution < 1.29 is 27.4 Å². The topological polar surface area (TPSA) is 48.0 Å². The minimum Gasteiger partial charge on any atom is -0.447 e. The molecule has 0 aliphatic heterocycles. The number of rotatable bonds is 3. The Morgan fingerprint density at radius 3 is 2.50 bits per heavy atom. The largest absolute Gasteiger partial charge is 0.501 e. The number of aryl methyl sites for hydroxylation is 1. The van der Waals surface area contributed by atoms with Crippen LogP contribution in [0.5, 0.6) is 0 Å². The highest BCUT2D eigenvalue weighted by atomic mass is 19.4. The molecule has 1 heterocycles. The number of halogens is 3. The SMILES string of the molecule is CCCc1nc(C(F)(F)F)[n+](C)n1C(=O)OCC. The average molecular weight is 266 g/mol. The molecule has 0 aromatic carbocycles. The summed E-state index contributed by atoms with van der Waals surface area (Å²) in [5.41, 5.74) is 0. The molecule has 0 unspecified atom stereocenters. The van der Waals surface area contributed by atoms with Gasteiger partial charge in [0.1, 0.15) is 7.05 Å². The number of hydrogen-bond donors (Lipinski definition) is 0. The van der Waals surface area contributed by atoms with E-state index in [1.165, 1.54) is 0 Å². The number of ether oxygens (including phenoxy) is 1. The Morgan fingerprint density at radius 2 is 2.06 bits per heavy atom. The Balaban J connectivity index is 3.29. The molecular weight excluding hydrogens is 251 g/mol. The Kier molecular flexibility index (Phi) is 4.31. The molecule has 0 N–H and O–H groups in total. The molecule has 1 aromatic heterocycles. The average Bonchev–Trinajstić information content (AvgIpc) is 2.56. The molecule has 102 valence electrons. The van der Waals surface area contributed by atoms with Gasteiger partial charge in [0.05, 0.1) is 6.61 Å². The Labute approximate surface area is 102 Å². The quantitative estimate of drug-likeness (QED) is 0.782. The second-order valence-corrected chi connectivity index (χ2v) is 3.63. The van der Waals surface area contributed by atoms with Gasteiger partial charge in [-0.1, -0.05) is 11.6 Å². The summed E-state index contributed by atoms with van der Waals surface area (Å²) >= 11 is 0. The van der Waals surface area contributed by atoms with Crippen LogP contribution in [-0.4, -0.2) is 22.4 Å². The summed E-state index contributed by atoms with van der Waals surface area (Å²) in [6, 6.07) is 0. The summed E-state index contributed by atoms with van der Waals surface area (Å²) in [5.74, 6) is -1.07. The van der Waals surface area contributed by atoms with E-state index >= 15 is 0 Å². The number of alkyl halides is 3. The van der Waals surface area contributed by atoms with Gasteiger partial charge in [-0.25, -0.2) is 4.79 Å². The van der Waals surface area contributed by atoms with Crippen molar-refractivity contribution in [1.82, 2.24) is 9.67 Å². The fourth-order valence-corrected chi connectivity index (χ4v) is 1.55. The lowest BCUT2D eigenvalue weighted by Crippen LogP contribution is -2.48.